The molecule has 1 amide bonds. The molecule has 0 saturated heterocycles. The van der Waals surface area contributed by atoms with E-state index in [4.69, 9.17) is 4.74 Å². The first-order chi connectivity index (χ1) is 12.2. The Morgan fingerprint density at radius 2 is 2.04 bits per heavy atom. The molecule has 2 N–H and O–H groups in total. The largest absolute Gasteiger partial charge is 0.496 e. The second kappa shape index (κ2) is 7.61. The van der Waals surface area contributed by atoms with Crippen LogP contribution in [0.15, 0.2) is 54.7 Å². The lowest BCUT2D eigenvalue weighted by Gasteiger charge is -2.20. The van der Waals surface area contributed by atoms with Crippen LogP contribution in [-0.2, 0) is 11.2 Å². The smallest absolute Gasteiger partial charge is 0.226 e. The summed E-state index contributed by atoms with van der Waals surface area (Å²) in [6.45, 7) is 1.90. The predicted molar refractivity (Wildman–Crippen MR) is 94.2 cm³/mol. The molecule has 1 atom stereocenters. The monoisotopic (exact) mass is 336 g/mol. The van der Waals surface area contributed by atoms with E-state index >= 15 is 0 Å². The Balaban J connectivity index is 1.88. The highest BCUT2D eigenvalue weighted by molar-refractivity contribution is 5.79. The molecule has 0 radical (unpaired) electrons. The summed E-state index contributed by atoms with van der Waals surface area (Å²) < 4.78 is 5.45. The zero-order chi connectivity index (χ0) is 17.6. The van der Waals surface area contributed by atoms with Crippen molar-refractivity contribution in [1.29, 1.82) is 0 Å². The number of nitrogens with one attached hydrogen (secondary N) is 2. The molecule has 128 valence electrons. The van der Waals surface area contributed by atoms with Gasteiger partial charge in [0.2, 0.25) is 5.91 Å². The molecule has 0 aliphatic carbocycles. The number of hydrogen-bond donors (Lipinski definition) is 2. The average Bonchev–Trinajstić information content (AvgIpc) is 3.05. The molecule has 0 fully saturated rings. The van der Waals surface area contributed by atoms with Gasteiger partial charge in [0, 0.05) is 17.5 Å². The fourth-order valence-corrected chi connectivity index (χ4v) is 2.70. The van der Waals surface area contributed by atoms with Crippen LogP contribution in [0.4, 0.5) is 0 Å². The number of aromatic nitrogens is 3. The van der Waals surface area contributed by atoms with E-state index in [0.717, 1.165) is 17.0 Å². The fourth-order valence-electron chi connectivity index (χ4n) is 2.70. The molecule has 0 bridgehead atoms. The number of nitrogens with zero attached hydrogens (tertiary/aromatic N) is 2. The number of carbonyl (C=O) groups is 1. The second-order valence-electron chi connectivity index (χ2n) is 5.72. The maximum Gasteiger partial charge on any atom is 0.226 e. The first kappa shape index (κ1) is 16.7. The highest BCUT2D eigenvalue weighted by Gasteiger charge is 2.21. The quantitative estimate of drug-likeness (QED) is 0.725. The molecule has 1 aromatic carbocycles. The summed E-state index contributed by atoms with van der Waals surface area (Å²) in [5.41, 5.74) is 3.23. The third kappa shape index (κ3) is 4.03. The van der Waals surface area contributed by atoms with Gasteiger partial charge in [-0.25, -0.2) is 0 Å². The van der Waals surface area contributed by atoms with E-state index in [-0.39, 0.29) is 12.3 Å². The zero-order valence-corrected chi connectivity index (χ0v) is 14.2. The van der Waals surface area contributed by atoms with Crippen molar-refractivity contribution < 1.29 is 9.53 Å². The van der Waals surface area contributed by atoms with E-state index in [1.165, 1.54) is 0 Å². The van der Waals surface area contributed by atoms with E-state index in [9.17, 15) is 4.79 Å². The first-order valence-corrected chi connectivity index (χ1v) is 8.01. The summed E-state index contributed by atoms with van der Waals surface area (Å²) >= 11 is 0. The number of amides is 1. The van der Waals surface area contributed by atoms with Crippen molar-refractivity contribution in [2.45, 2.75) is 19.4 Å². The molecule has 2 heterocycles. The maximum absolute atomic E-state index is 12.5. The van der Waals surface area contributed by atoms with Gasteiger partial charge in [0.05, 0.1) is 31.0 Å². The summed E-state index contributed by atoms with van der Waals surface area (Å²) in [6.07, 6.45) is 1.91. The number of H-pyrrole nitrogens is 1. The van der Waals surface area contributed by atoms with Crippen LogP contribution >= 0.6 is 0 Å². The Morgan fingerprint density at radius 3 is 2.72 bits per heavy atom. The molecule has 3 aromatic rings. The Morgan fingerprint density at radius 1 is 1.24 bits per heavy atom. The van der Waals surface area contributed by atoms with Crippen molar-refractivity contribution in [1.82, 2.24) is 20.5 Å². The van der Waals surface area contributed by atoms with Gasteiger partial charge in [-0.1, -0.05) is 24.3 Å². The number of benzene rings is 1. The SMILES string of the molecule is COc1ccccc1[C@H](NC(=O)Cc1cc(C)[nH]n1)c1ccccn1. The highest BCUT2D eigenvalue weighted by atomic mass is 16.5. The van der Waals surface area contributed by atoms with Gasteiger partial charge in [-0.2, -0.15) is 5.10 Å². The molecule has 0 spiro atoms. The zero-order valence-electron chi connectivity index (χ0n) is 14.2. The van der Waals surface area contributed by atoms with Crippen molar-refractivity contribution in [3.05, 3.63) is 77.4 Å². The van der Waals surface area contributed by atoms with E-state index in [0.29, 0.717) is 11.4 Å². The van der Waals surface area contributed by atoms with Crippen LogP contribution in [0.3, 0.4) is 0 Å². The van der Waals surface area contributed by atoms with Gasteiger partial charge in [-0.15, -0.1) is 0 Å². The Hall–Kier alpha value is -3.15. The van der Waals surface area contributed by atoms with Crippen molar-refractivity contribution in [3.8, 4) is 5.75 Å². The molecule has 25 heavy (non-hydrogen) atoms. The number of pyridine rings is 1. The third-order valence-corrected chi connectivity index (χ3v) is 3.84. The van der Waals surface area contributed by atoms with Crippen molar-refractivity contribution in [2.24, 2.45) is 0 Å². The minimum Gasteiger partial charge on any atom is -0.496 e. The van der Waals surface area contributed by atoms with Crippen molar-refractivity contribution >= 4 is 5.91 Å². The number of methoxy groups -OCH3 is 1. The Labute approximate surface area is 146 Å². The number of ether oxygens (including phenoxy) is 1. The van der Waals surface area contributed by atoms with E-state index in [1.807, 2.05) is 55.5 Å². The summed E-state index contributed by atoms with van der Waals surface area (Å²) in [5.74, 6) is 0.571. The standard InChI is InChI=1S/C19H20N4O2/c1-13-11-14(23-22-13)12-18(24)21-19(16-8-5-6-10-20-16)15-7-3-4-9-17(15)25-2/h3-11,19H,12H2,1-2H3,(H,21,24)(H,22,23)/t19-/m0/s1. The first-order valence-electron chi connectivity index (χ1n) is 8.01. The van der Waals surface area contributed by atoms with Crippen LogP contribution in [-0.4, -0.2) is 28.2 Å². The Kier molecular flexibility index (Phi) is 5.09. The van der Waals surface area contributed by atoms with Crippen molar-refractivity contribution in [3.63, 3.8) is 0 Å². The molecular weight excluding hydrogens is 316 g/mol. The van der Waals surface area contributed by atoms with Gasteiger partial charge < -0.3 is 10.1 Å². The van der Waals surface area contributed by atoms with Gasteiger partial charge in [0.1, 0.15) is 5.75 Å². The topological polar surface area (TPSA) is 79.9 Å². The average molecular weight is 336 g/mol. The summed E-state index contributed by atoms with van der Waals surface area (Å²) in [4.78, 5) is 16.9. The molecule has 0 unspecified atom stereocenters. The summed E-state index contributed by atoms with van der Waals surface area (Å²) in [5, 5.41) is 10.0. The third-order valence-electron chi connectivity index (χ3n) is 3.84. The molecule has 2 aromatic heterocycles. The molecule has 6 nitrogen and oxygen atoms in total. The van der Waals surface area contributed by atoms with Gasteiger partial charge in [-0.05, 0) is 31.2 Å². The van der Waals surface area contributed by atoms with Crippen LogP contribution in [0.25, 0.3) is 0 Å². The predicted octanol–water partition coefficient (Wildman–Crippen LogP) is 2.57. The number of carbonyl (C=O) groups excluding carboxylic acids is 1. The van der Waals surface area contributed by atoms with E-state index < -0.39 is 6.04 Å². The molecular formula is C19H20N4O2. The van der Waals surface area contributed by atoms with E-state index in [1.54, 1.807) is 13.3 Å². The van der Waals surface area contributed by atoms with Crippen LogP contribution in [0, 0.1) is 6.92 Å². The van der Waals surface area contributed by atoms with Crippen molar-refractivity contribution in [2.75, 3.05) is 7.11 Å². The molecule has 0 saturated carbocycles. The summed E-state index contributed by atoms with van der Waals surface area (Å²) in [7, 11) is 1.61. The lowest BCUT2D eigenvalue weighted by atomic mass is 10.0. The second-order valence-corrected chi connectivity index (χ2v) is 5.72. The van der Waals surface area contributed by atoms with Gasteiger partial charge in [0.15, 0.2) is 0 Å². The maximum atomic E-state index is 12.5. The number of rotatable bonds is 6. The normalized spacial score (nSPS) is 11.8. The van der Waals surface area contributed by atoms with Crippen LogP contribution < -0.4 is 10.1 Å². The minimum atomic E-state index is -0.398. The number of para-hydroxylation sites is 1. The van der Waals surface area contributed by atoms with Gasteiger partial charge >= 0.3 is 0 Å². The lowest BCUT2D eigenvalue weighted by molar-refractivity contribution is -0.121. The van der Waals surface area contributed by atoms with Crippen LogP contribution in [0.1, 0.15) is 28.7 Å². The minimum absolute atomic E-state index is 0.131. The van der Waals surface area contributed by atoms with Crippen LogP contribution in [0.5, 0.6) is 5.75 Å². The summed E-state index contributed by atoms with van der Waals surface area (Å²) in [6, 6.07) is 14.7. The van der Waals surface area contributed by atoms with E-state index in [2.05, 4.69) is 20.5 Å². The van der Waals surface area contributed by atoms with Gasteiger partial charge in [0.25, 0.3) is 0 Å². The Bertz CT molecular complexity index is 845. The lowest BCUT2D eigenvalue weighted by Crippen LogP contribution is -2.31. The molecule has 0 aliphatic rings. The van der Waals surface area contributed by atoms with Gasteiger partial charge in [-0.3, -0.25) is 14.9 Å². The molecule has 6 heteroatoms. The number of aryl methyl sites for hydroxylation is 1. The molecule has 3 rings (SSSR count). The fraction of sp³-hybridized carbons (Fsp3) is 0.211. The van der Waals surface area contributed by atoms with Crippen LogP contribution in [0.2, 0.25) is 0 Å². The molecule has 0 aliphatic heterocycles. The number of hydrogen-bond acceptors (Lipinski definition) is 4. The number of aromatic amines is 1. The highest BCUT2D eigenvalue weighted by Crippen LogP contribution is 2.28.